The van der Waals surface area contributed by atoms with E-state index in [0.717, 1.165) is 16.5 Å². The second kappa shape index (κ2) is 3.98. The topological polar surface area (TPSA) is 34.9 Å². The number of aromatic nitrogens is 2. The van der Waals surface area contributed by atoms with Crippen LogP contribution in [0.5, 0.6) is 0 Å². The van der Waals surface area contributed by atoms with Crippen LogP contribution in [0.2, 0.25) is 5.02 Å². The molecule has 0 aromatic carbocycles. The summed E-state index contributed by atoms with van der Waals surface area (Å²) in [6.45, 7) is 0. The van der Waals surface area contributed by atoms with Crippen molar-refractivity contribution in [1.29, 1.82) is 0 Å². The van der Waals surface area contributed by atoms with Gasteiger partial charge in [0.1, 0.15) is 0 Å². The largest absolute Gasteiger partial charge is 0.296 e. The van der Waals surface area contributed by atoms with Crippen LogP contribution in [0.15, 0.2) is 35.8 Å². The fraction of sp³-hybridized carbons (Fsp3) is 0. The molecule has 0 saturated heterocycles. The molecule has 0 aliphatic carbocycles. The lowest BCUT2D eigenvalue weighted by Crippen LogP contribution is -2.01. The third-order valence-electron chi connectivity index (χ3n) is 2.52. The molecule has 3 aromatic heterocycles. The maximum Gasteiger partial charge on any atom is 0.166 e. The summed E-state index contributed by atoms with van der Waals surface area (Å²) in [4.78, 5) is 15.3. The van der Waals surface area contributed by atoms with Crippen molar-refractivity contribution in [2.45, 2.75) is 0 Å². The van der Waals surface area contributed by atoms with E-state index in [1.54, 1.807) is 34.2 Å². The average molecular weight is 263 g/mol. The summed E-state index contributed by atoms with van der Waals surface area (Å²) >= 11 is 7.70. The van der Waals surface area contributed by atoms with E-state index in [4.69, 9.17) is 11.6 Å². The average Bonchev–Trinajstić information content (AvgIpc) is 2.89. The molecule has 17 heavy (non-hydrogen) atoms. The van der Waals surface area contributed by atoms with Crippen molar-refractivity contribution in [1.82, 2.24) is 9.55 Å². The van der Waals surface area contributed by atoms with E-state index in [9.17, 15) is 4.79 Å². The molecule has 3 rings (SSSR count). The van der Waals surface area contributed by atoms with Crippen LogP contribution < -0.4 is 0 Å². The smallest absolute Gasteiger partial charge is 0.166 e. The maximum absolute atomic E-state index is 11.1. The summed E-state index contributed by atoms with van der Waals surface area (Å²) in [5.41, 5.74) is 1.52. The summed E-state index contributed by atoms with van der Waals surface area (Å²) in [5, 5.41) is 2.51. The third-order valence-corrected chi connectivity index (χ3v) is 3.67. The number of halogens is 1. The van der Waals surface area contributed by atoms with Gasteiger partial charge in [0.2, 0.25) is 0 Å². The Morgan fingerprint density at radius 2 is 2.29 bits per heavy atom. The molecule has 0 atom stereocenters. The molecule has 0 aliphatic heterocycles. The highest BCUT2D eigenvalue weighted by Gasteiger charge is 2.13. The predicted molar refractivity (Wildman–Crippen MR) is 69.3 cm³/mol. The Kier molecular flexibility index (Phi) is 2.46. The molecule has 84 valence electrons. The van der Waals surface area contributed by atoms with Crippen molar-refractivity contribution < 1.29 is 4.79 Å². The van der Waals surface area contributed by atoms with Gasteiger partial charge in [0.25, 0.3) is 0 Å². The van der Waals surface area contributed by atoms with Crippen LogP contribution in [0.3, 0.4) is 0 Å². The number of fused-ring (bicyclic) bond motifs is 1. The number of thiophene rings is 1. The molecule has 0 bridgehead atoms. The first-order chi connectivity index (χ1) is 8.31. The molecule has 0 spiro atoms. The van der Waals surface area contributed by atoms with Crippen molar-refractivity contribution in [3.8, 4) is 5.82 Å². The minimum absolute atomic E-state index is 0.527. The third kappa shape index (κ3) is 1.57. The van der Waals surface area contributed by atoms with Gasteiger partial charge in [0.05, 0.1) is 20.9 Å². The highest BCUT2D eigenvalue weighted by molar-refractivity contribution is 7.17. The summed E-state index contributed by atoms with van der Waals surface area (Å²) in [7, 11) is 0. The molecule has 3 aromatic rings. The number of pyridine rings is 1. The number of rotatable bonds is 2. The molecule has 3 heterocycles. The van der Waals surface area contributed by atoms with E-state index >= 15 is 0 Å². The summed E-state index contributed by atoms with van der Waals surface area (Å²) < 4.78 is 2.83. The van der Waals surface area contributed by atoms with Crippen molar-refractivity contribution in [3.63, 3.8) is 0 Å². The van der Waals surface area contributed by atoms with Gasteiger partial charge >= 0.3 is 0 Å². The minimum Gasteiger partial charge on any atom is -0.296 e. The molecular weight excluding hydrogens is 256 g/mol. The number of hydrogen-bond acceptors (Lipinski definition) is 3. The number of aldehydes is 1. The van der Waals surface area contributed by atoms with Crippen molar-refractivity contribution >= 4 is 39.4 Å². The van der Waals surface area contributed by atoms with Gasteiger partial charge in [-0.2, -0.15) is 0 Å². The number of hydrogen-bond donors (Lipinski definition) is 0. The lowest BCUT2D eigenvalue weighted by atomic mass is 10.4. The first-order valence-corrected chi connectivity index (χ1v) is 6.22. The van der Waals surface area contributed by atoms with E-state index in [1.165, 1.54) is 0 Å². The molecule has 0 aliphatic rings. The molecule has 0 N–H and O–H groups in total. The molecule has 0 saturated carbocycles. The first-order valence-electron chi connectivity index (χ1n) is 4.96. The van der Waals surface area contributed by atoms with Gasteiger partial charge in [-0.3, -0.25) is 9.36 Å². The molecular formula is C12H7ClN2OS. The molecule has 0 unspecified atom stereocenters. The minimum atomic E-state index is 0.527. The maximum atomic E-state index is 11.1. The Balaban J connectivity index is 2.39. The van der Waals surface area contributed by atoms with Crippen LogP contribution >= 0.6 is 22.9 Å². The molecule has 5 heteroatoms. The van der Waals surface area contributed by atoms with Crippen LogP contribution in [0.25, 0.3) is 16.0 Å². The van der Waals surface area contributed by atoms with Crippen LogP contribution in [0.1, 0.15) is 10.5 Å². The second-order valence-electron chi connectivity index (χ2n) is 3.50. The van der Waals surface area contributed by atoms with Crippen LogP contribution in [-0.4, -0.2) is 15.8 Å². The van der Waals surface area contributed by atoms with Gasteiger partial charge in [0, 0.05) is 6.20 Å². The van der Waals surface area contributed by atoms with Crippen molar-refractivity contribution in [3.05, 3.63) is 46.6 Å². The number of nitrogens with zero attached hydrogens (tertiary/aromatic N) is 2. The van der Waals surface area contributed by atoms with E-state index in [0.29, 0.717) is 16.5 Å². The van der Waals surface area contributed by atoms with Crippen LogP contribution in [0.4, 0.5) is 0 Å². The summed E-state index contributed by atoms with van der Waals surface area (Å²) in [5.74, 6) is 0.588. The van der Waals surface area contributed by atoms with Crippen molar-refractivity contribution in [2.24, 2.45) is 0 Å². The number of carbonyl (C=O) groups is 1. The van der Waals surface area contributed by atoms with Gasteiger partial charge in [-0.05, 0) is 29.6 Å². The van der Waals surface area contributed by atoms with E-state index < -0.39 is 0 Å². The van der Waals surface area contributed by atoms with Crippen molar-refractivity contribution in [2.75, 3.05) is 0 Å². The Hall–Kier alpha value is -1.65. The Labute approximate surface area is 106 Å². The summed E-state index contributed by atoms with van der Waals surface area (Å²) in [6, 6.07) is 7.33. The molecule has 3 nitrogen and oxygen atoms in total. The molecule has 0 amide bonds. The Morgan fingerprint density at radius 3 is 3.06 bits per heavy atom. The fourth-order valence-electron chi connectivity index (χ4n) is 1.81. The second-order valence-corrected chi connectivity index (χ2v) is 4.86. The Morgan fingerprint density at radius 1 is 1.41 bits per heavy atom. The lowest BCUT2D eigenvalue weighted by molar-refractivity contribution is 0.111. The van der Waals surface area contributed by atoms with E-state index in [2.05, 4.69) is 4.98 Å². The molecule has 0 radical (unpaired) electrons. The highest BCUT2D eigenvalue weighted by atomic mass is 35.5. The normalized spacial score (nSPS) is 10.9. The zero-order valence-corrected chi connectivity index (χ0v) is 10.2. The standard InChI is InChI=1S/C12H7ClN2OS/c13-9-2-1-4-14-12(9)15-8(7-16)6-11-10(15)3-5-17-11/h1-7H. The van der Waals surface area contributed by atoms with Crippen LogP contribution in [-0.2, 0) is 0 Å². The van der Waals surface area contributed by atoms with Crippen LogP contribution in [0, 0.1) is 0 Å². The monoisotopic (exact) mass is 262 g/mol. The molecule has 0 fully saturated rings. The van der Waals surface area contributed by atoms with Gasteiger partial charge in [-0.1, -0.05) is 11.6 Å². The SMILES string of the molecule is O=Cc1cc2sccc2n1-c1ncccc1Cl. The zero-order valence-electron chi connectivity index (χ0n) is 8.63. The van der Waals surface area contributed by atoms with E-state index in [1.807, 2.05) is 17.5 Å². The lowest BCUT2D eigenvalue weighted by Gasteiger charge is -2.06. The first kappa shape index (κ1) is 10.5. The highest BCUT2D eigenvalue weighted by Crippen LogP contribution is 2.29. The van der Waals surface area contributed by atoms with Gasteiger partial charge in [0.15, 0.2) is 12.1 Å². The zero-order chi connectivity index (χ0) is 11.8. The fourth-order valence-corrected chi connectivity index (χ4v) is 2.83. The Bertz CT molecular complexity index is 701. The number of carbonyl (C=O) groups excluding carboxylic acids is 1. The van der Waals surface area contributed by atoms with Gasteiger partial charge < -0.3 is 0 Å². The summed E-state index contributed by atoms with van der Waals surface area (Å²) in [6.07, 6.45) is 2.48. The van der Waals surface area contributed by atoms with Gasteiger partial charge in [-0.25, -0.2) is 4.98 Å². The van der Waals surface area contributed by atoms with Gasteiger partial charge in [-0.15, -0.1) is 11.3 Å². The quantitative estimate of drug-likeness (QED) is 0.662. The predicted octanol–water partition coefficient (Wildman–Crippen LogP) is 3.55. The van der Waals surface area contributed by atoms with E-state index in [-0.39, 0.29) is 0 Å².